The molecular formula is C22H25NO8. The van der Waals surface area contributed by atoms with E-state index in [1.165, 1.54) is 0 Å². The predicted octanol–water partition coefficient (Wildman–Crippen LogP) is 0.879. The van der Waals surface area contributed by atoms with Crippen molar-refractivity contribution in [2.75, 3.05) is 34.1 Å². The van der Waals surface area contributed by atoms with Gasteiger partial charge in [-0.1, -0.05) is 0 Å². The molecule has 1 saturated heterocycles. The minimum atomic E-state index is -2.42. The van der Waals surface area contributed by atoms with Crippen LogP contribution >= 0.6 is 0 Å². The second-order valence-electron chi connectivity index (χ2n) is 8.39. The van der Waals surface area contributed by atoms with E-state index in [9.17, 15) is 14.7 Å². The first-order valence-corrected chi connectivity index (χ1v) is 10.3. The lowest BCUT2D eigenvalue weighted by Gasteiger charge is -2.31. The maximum absolute atomic E-state index is 12.8. The minimum absolute atomic E-state index is 0.0115. The zero-order valence-electron chi connectivity index (χ0n) is 17.7. The fourth-order valence-electron chi connectivity index (χ4n) is 5.26. The molecule has 1 aromatic rings. The van der Waals surface area contributed by atoms with Gasteiger partial charge < -0.3 is 28.8 Å². The number of hydrogen-bond donors (Lipinski definition) is 1. The van der Waals surface area contributed by atoms with Crippen LogP contribution in [0.3, 0.4) is 0 Å². The fraction of sp³-hybridized carbons (Fsp3) is 0.545. The van der Waals surface area contributed by atoms with Gasteiger partial charge in [0.2, 0.25) is 6.79 Å². The maximum Gasteiger partial charge on any atom is 0.350 e. The van der Waals surface area contributed by atoms with Gasteiger partial charge in [-0.3, -0.25) is 4.90 Å². The molecule has 1 aromatic carbocycles. The molecule has 0 radical (unpaired) electrons. The van der Waals surface area contributed by atoms with Crippen LogP contribution in [-0.2, 0) is 30.2 Å². The predicted molar refractivity (Wildman–Crippen MR) is 106 cm³/mol. The smallest absolute Gasteiger partial charge is 0.350 e. The van der Waals surface area contributed by atoms with Crippen LogP contribution < -0.4 is 9.47 Å². The number of nitrogens with zero attached hydrogens (tertiary/aromatic N) is 1. The summed E-state index contributed by atoms with van der Waals surface area (Å²) in [7, 11) is 2.66. The van der Waals surface area contributed by atoms with Crippen molar-refractivity contribution in [2.45, 2.75) is 43.4 Å². The summed E-state index contributed by atoms with van der Waals surface area (Å²) in [5, 5.41) is 10.4. The number of fused-ring (bicyclic) bond motifs is 3. The Bertz CT molecular complexity index is 984. The lowest BCUT2D eigenvalue weighted by Crippen LogP contribution is -2.48. The molecule has 5 rings (SSSR count). The van der Waals surface area contributed by atoms with Gasteiger partial charge in [0.15, 0.2) is 17.6 Å². The molecular weight excluding hydrogens is 406 g/mol. The molecule has 1 fully saturated rings. The Morgan fingerprint density at radius 1 is 1.13 bits per heavy atom. The van der Waals surface area contributed by atoms with E-state index in [1.54, 1.807) is 7.11 Å². The molecule has 1 aliphatic carbocycles. The van der Waals surface area contributed by atoms with Gasteiger partial charge in [0.1, 0.15) is 5.76 Å². The Kier molecular flexibility index (Phi) is 4.63. The van der Waals surface area contributed by atoms with Crippen LogP contribution in [0.15, 0.2) is 23.5 Å². The highest BCUT2D eigenvalue weighted by Gasteiger charge is 2.55. The zero-order chi connectivity index (χ0) is 21.9. The number of carbonyl (C=O) groups is 2. The molecule has 3 heterocycles. The number of methoxy groups -OCH3 is 2. The van der Waals surface area contributed by atoms with Crippen molar-refractivity contribution < 1.29 is 38.4 Å². The molecule has 4 atom stereocenters. The Hall–Kier alpha value is -2.78. The summed E-state index contributed by atoms with van der Waals surface area (Å²) in [4.78, 5) is 27.1. The van der Waals surface area contributed by atoms with Gasteiger partial charge in [0.25, 0.3) is 5.60 Å². The van der Waals surface area contributed by atoms with E-state index in [4.69, 9.17) is 18.9 Å². The van der Waals surface area contributed by atoms with Crippen molar-refractivity contribution in [3.05, 3.63) is 34.6 Å². The summed E-state index contributed by atoms with van der Waals surface area (Å²) < 4.78 is 27.2. The van der Waals surface area contributed by atoms with Gasteiger partial charge in [0, 0.05) is 25.0 Å². The van der Waals surface area contributed by atoms with Crippen LogP contribution in [0.4, 0.5) is 0 Å². The van der Waals surface area contributed by atoms with Crippen LogP contribution in [0, 0.1) is 0 Å². The van der Waals surface area contributed by atoms with Gasteiger partial charge in [-0.2, -0.15) is 0 Å². The quantitative estimate of drug-likeness (QED) is 0.550. The Morgan fingerprint density at radius 2 is 1.84 bits per heavy atom. The number of hydrogen-bond acceptors (Lipinski definition) is 9. The molecule has 166 valence electrons. The molecule has 0 saturated carbocycles. The summed E-state index contributed by atoms with van der Waals surface area (Å²) in [6.07, 6.45) is 0.856. The van der Waals surface area contributed by atoms with Gasteiger partial charge in [-0.25, -0.2) is 9.59 Å². The van der Waals surface area contributed by atoms with Crippen molar-refractivity contribution in [1.29, 1.82) is 0 Å². The Morgan fingerprint density at radius 3 is 2.55 bits per heavy atom. The standard InChI is InChI=1S/C22H25NO8/c1-22(26,20(24)28-3)21(25)31-19-16-13-9-15-14(29-10-30-15)8-11(13)4-6-23-7-5-12(17(16)23)18(19)27-2/h8-9,16-17,19,26H,4-7,10H2,1-3H3/t16-,17-,19-,22+/m0/s1. The SMILES string of the molecule is COC(=O)[C@@](C)(O)C(=O)O[C@@H]1C(OC)=C2CCN3CCc4cc5c(cc4[C@H]1[C@H]23)OCO5. The van der Waals surface area contributed by atoms with Crippen molar-refractivity contribution in [3.63, 3.8) is 0 Å². The molecule has 3 aliphatic heterocycles. The van der Waals surface area contributed by atoms with E-state index < -0.39 is 23.6 Å². The molecule has 31 heavy (non-hydrogen) atoms. The average Bonchev–Trinajstić information content (AvgIpc) is 3.42. The molecule has 0 aromatic heterocycles. The molecule has 0 bridgehead atoms. The lowest BCUT2D eigenvalue weighted by atomic mass is 9.86. The van der Waals surface area contributed by atoms with Crippen molar-refractivity contribution >= 4 is 11.9 Å². The van der Waals surface area contributed by atoms with Crippen LogP contribution in [0.1, 0.15) is 30.4 Å². The Balaban J connectivity index is 1.58. The number of esters is 2. The number of ether oxygens (including phenoxy) is 5. The van der Waals surface area contributed by atoms with Crippen LogP contribution in [-0.4, -0.2) is 73.8 Å². The second kappa shape index (κ2) is 7.13. The summed E-state index contributed by atoms with van der Waals surface area (Å²) in [5.74, 6) is -0.453. The monoisotopic (exact) mass is 431 g/mol. The molecule has 0 spiro atoms. The molecule has 1 N–H and O–H groups in total. The molecule has 9 heteroatoms. The van der Waals surface area contributed by atoms with Crippen molar-refractivity contribution in [1.82, 2.24) is 4.90 Å². The third kappa shape index (κ3) is 2.90. The molecule has 0 unspecified atom stereocenters. The first kappa shape index (κ1) is 20.1. The summed E-state index contributed by atoms with van der Waals surface area (Å²) in [6.45, 7) is 2.99. The van der Waals surface area contributed by atoms with Crippen molar-refractivity contribution in [3.8, 4) is 11.5 Å². The summed E-state index contributed by atoms with van der Waals surface area (Å²) >= 11 is 0. The van der Waals surface area contributed by atoms with Crippen LogP contribution in [0.5, 0.6) is 11.5 Å². The molecule has 4 aliphatic rings. The van der Waals surface area contributed by atoms with Crippen molar-refractivity contribution in [2.24, 2.45) is 0 Å². The topological polar surface area (TPSA) is 104 Å². The third-order valence-corrected chi connectivity index (χ3v) is 6.76. The lowest BCUT2D eigenvalue weighted by molar-refractivity contribution is -0.183. The highest BCUT2D eigenvalue weighted by molar-refractivity contribution is 6.02. The highest BCUT2D eigenvalue weighted by Crippen LogP contribution is 2.52. The number of rotatable bonds is 4. The summed E-state index contributed by atoms with van der Waals surface area (Å²) in [6, 6.07) is 3.96. The average molecular weight is 431 g/mol. The first-order valence-electron chi connectivity index (χ1n) is 10.3. The molecule has 0 amide bonds. The third-order valence-electron chi connectivity index (χ3n) is 6.76. The molecule has 9 nitrogen and oxygen atoms in total. The largest absolute Gasteiger partial charge is 0.497 e. The Labute approximate surface area is 179 Å². The fourth-order valence-corrected chi connectivity index (χ4v) is 5.26. The maximum atomic E-state index is 12.8. The van der Waals surface area contributed by atoms with Crippen LogP contribution in [0.25, 0.3) is 0 Å². The van der Waals surface area contributed by atoms with E-state index in [0.29, 0.717) is 17.3 Å². The van der Waals surface area contributed by atoms with Gasteiger partial charge in [-0.15, -0.1) is 0 Å². The normalized spacial score (nSPS) is 27.8. The van der Waals surface area contributed by atoms with E-state index in [-0.39, 0.29) is 18.8 Å². The minimum Gasteiger partial charge on any atom is -0.497 e. The first-order chi connectivity index (χ1) is 14.9. The number of carbonyl (C=O) groups excluding carboxylic acids is 2. The van der Waals surface area contributed by atoms with E-state index in [0.717, 1.165) is 56.7 Å². The van der Waals surface area contributed by atoms with Gasteiger partial charge in [0.05, 0.1) is 14.2 Å². The highest BCUT2D eigenvalue weighted by atomic mass is 16.7. The zero-order valence-corrected chi connectivity index (χ0v) is 17.7. The summed E-state index contributed by atoms with van der Waals surface area (Å²) in [5.41, 5.74) is 0.770. The van der Waals surface area contributed by atoms with E-state index in [1.807, 2.05) is 12.1 Å². The van der Waals surface area contributed by atoms with Gasteiger partial charge >= 0.3 is 11.9 Å². The second-order valence-corrected chi connectivity index (χ2v) is 8.39. The van der Waals surface area contributed by atoms with Crippen LogP contribution in [0.2, 0.25) is 0 Å². The van der Waals surface area contributed by atoms with E-state index >= 15 is 0 Å². The number of benzene rings is 1. The van der Waals surface area contributed by atoms with E-state index in [2.05, 4.69) is 9.64 Å². The van der Waals surface area contributed by atoms with Gasteiger partial charge in [-0.05, 0) is 48.6 Å². The number of aliphatic hydroxyl groups is 1.